The molecule has 0 aliphatic heterocycles. The molecule has 2 aromatic carbocycles. The van der Waals surface area contributed by atoms with Gasteiger partial charge in [0, 0.05) is 12.0 Å². The number of hydrogen-bond donors (Lipinski definition) is 0. The van der Waals surface area contributed by atoms with E-state index in [1.807, 2.05) is 30.3 Å². The van der Waals surface area contributed by atoms with Gasteiger partial charge in [-0.3, -0.25) is 4.79 Å². The van der Waals surface area contributed by atoms with Crippen LogP contribution in [0.25, 0.3) is 0 Å². The number of rotatable bonds is 3. The fourth-order valence-corrected chi connectivity index (χ4v) is 1.73. The Balaban J connectivity index is 2.18. The average molecular weight is 249 g/mol. The van der Waals surface area contributed by atoms with Crippen LogP contribution in [-0.4, -0.2) is 5.78 Å². The molecular weight excluding hydrogens is 239 g/mol. The second-order valence-corrected chi connectivity index (χ2v) is 4.12. The molecule has 17 heavy (non-hydrogen) atoms. The third-order valence-electron chi connectivity index (χ3n) is 2.45. The van der Waals surface area contributed by atoms with E-state index in [0.29, 0.717) is 12.0 Å². The quantitative estimate of drug-likeness (QED) is 0.753. The highest BCUT2D eigenvalue weighted by Gasteiger charge is 2.09. The van der Waals surface area contributed by atoms with Gasteiger partial charge in [-0.25, -0.2) is 4.39 Å². The molecule has 0 saturated carbocycles. The van der Waals surface area contributed by atoms with Crippen molar-refractivity contribution in [3.05, 3.63) is 70.5 Å². The predicted molar refractivity (Wildman–Crippen MR) is 65.9 cm³/mol. The number of benzene rings is 2. The van der Waals surface area contributed by atoms with Gasteiger partial charge in [0.15, 0.2) is 5.78 Å². The van der Waals surface area contributed by atoms with Crippen LogP contribution in [0.3, 0.4) is 0 Å². The molecule has 2 rings (SSSR count). The summed E-state index contributed by atoms with van der Waals surface area (Å²) in [5.74, 6) is -0.582. The smallest absolute Gasteiger partial charge is 0.167 e. The normalized spacial score (nSPS) is 10.2. The van der Waals surface area contributed by atoms with Gasteiger partial charge >= 0.3 is 0 Å². The van der Waals surface area contributed by atoms with Crippen LogP contribution in [0.2, 0.25) is 5.02 Å². The van der Waals surface area contributed by atoms with Crippen molar-refractivity contribution in [3.8, 4) is 0 Å². The summed E-state index contributed by atoms with van der Waals surface area (Å²) in [5.41, 5.74) is 1.36. The molecule has 0 N–H and O–H groups in total. The van der Waals surface area contributed by atoms with Gasteiger partial charge in [-0.2, -0.15) is 0 Å². The molecule has 0 bridgehead atoms. The Hall–Kier alpha value is -1.67. The van der Waals surface area contributed by atoms with E-state index in [1.54, 1.807) is 0 Å². The molecule has 0 saturated heterocycles. The molecule has 0 atom stereocenters. The SMILES string of the molecule is O=C(Cc1ccccc1)c1ccc(F)c(Cl)c1. The lowest BCUT2D eigenvalue weighted by molar-refractivity contribution is 0.0993. The standard InChI is InChI=1S/C14H10ClFO/c15-12-9-11(6-7-13(12)16)14(17)8-10-4-2-1-3-5-10/h1-7,9H,8H2. The summed E-state index contributed by atoms with van der Waals surface area (Å²) >= 11 is 5.63. The zero-order valence-corrected chi connectivity index (χ0v) is 9.75. The summed E-state index contributed by atoms with van der Waals surface area (Å²) in [6.07, 6.45) is 0.294. The van der Waals surface area contributed by atoms with E-state index in [1.165, 1.54) is 18.2 Å². The van der Waals surface area contributed by atoms with E-state index in [2.05, 4.69) is 0 Å². The lowest BCUT2D eigenvalue weighted by Gasteiger charge is -2.02. The largest absolute Gasteiger partial charge is 0.294 e. The van der Waals surface area contributed by atoms with E-state index < -0.39 is 5.82 Å². The Kier molecular flexibility index (Phi) is 3.55. The van der Waals surface area contributed by atoms with Crippen LogP contribution in [0.1, 0.15) is 15.9 Å². The maximum absolute atomic E-state index is 12.9. The summed E-state index contributed by atoms with van der Waals surface area (Å²) in [4.78, 5) is 11.9. The van der Waals surface area contributed by atoms with E-state index in [4.69, 9.17) is 11.6 Å². The molecule has 0 radical (unpaired) electrons. The van der Waals surface area contributed by atoms with Crippen LogP contribution in [-0.2, 0) is 6.42 Å². The Labute approximate surface area is 104 Å². The summed E-state index contributed by atoms with van der Waals surface area (Å²) < 4.78 is 12.9. The lowest BCUT2D eigenvalue weighted by Crippen LogP contribution is -2.03. The molecule has 0 fully saturated rings. The maximum atomic E-state index is 12.9. The molecule has 0 aromatic heterocycles. The van der Waals surface area contributed by atoms with Gasteiger partial charge in [-0.1, -0.05) is 41.9 Å². The van der Waals surface area contributed by atoms with Crippen molar-refractivity contribution in [2.24, 2.45) is 0 Å². The zero-order chi connectivity index (χ0) is 12.3. The molecule has 0 unspecified atom stereocenters. The number of Topliss-reactive ketones (excluding diaryl/α,β-unsaturated/α-hetero) is 1. The molecule has 0 heterocycles. The maximum Gasteiger partial charge on any atom is 0.167 e. The van der Waals surface area contributed by atoms with Crippen molar-refractivity contribution in [2.75, 3.05) is 0 Å². The van der Waals surface area contributed by atoms with Gasteiger partial charge in [0.25, 0.3) is 0 Å². The number of carbonyl (C=O) groups excluding carboxylic acids is 1. The van der Waals surface area contributed by atoms with E-state index in [9.17, 15) is 9.18 Å². The number of hydrogen-bond acceptors (Lipinski definition) is 1. The second-order valence-electron chi connectivity index (χ2n) is 3.71. The van der Waals surface area contributed by atoms with Gasteiger partial charge in [0.2, 0.25) is 0 Å². The minimum absolute atomic E-state index is 0.0242. The molecule has 1 nitrogen and oxygen atoms in total. The Morgan fingerprint density at radius 1 is 1.12 bits per heavy atom. The fraction of sp³-hybridized carbons (Fsp3) is 0.0714. The molecule has 2 aromatic rings. The summed E-state index contributed by atoms with van der Waals surface area (Å²) in [5, 5.41) is -0.0242. The predicted octanol–water partition coefficient (Wildman–Crippen LogP) is 3.90. The highest BCUT2D eigenvalue weighted by molar-refractivity contribution is 6.31. The third-order valence-corrected chi connectivity index (χ3v) is 2.74. The monoisotopic (exact) mass is 248 g/mol. The molecule has 0 spiro atoms. The highest BCUT2D eigenvalue weighted by atomic mass is 35.5. The van der Waals surface area contributed by atoms with Gasteiger partial charge in [-0.15, -0.1) is 0 Å². The number of ketones is 1. The van der Waals surface area contributed by atoms with Crippen molar-refractivity contribution in [2.45, 2.75) is 6.42 Å². The summed E-state index contributed by atoms with van der Waals surface area (Å²) in [7, 11) is 0. The average Bonchev–Trinajstić information content (AvgIpc) is 2.34. The van der Waals surface area contributed by atoms with Crippen LogP contribution in [0, 0.1) is 5.82 Å². The zero-order valence-electron chi connectivity index (χ0n) is 8.99. The number of carbonyl (C=O) groups is 1. The van der Waals surface area contributed by atoms with Crippen molar-refractivity contribution in [3.63, 3.8) is 0 Å². The molecular formula is C14H10ClFO. The van der Waals surface area contributed by atoms with Gasteiger partial charge in [0.05, 0.1) is 5.02 Å². The first-order chi connectivity index (χ1) is 8.16. The lowest BCUT2D eigenvalue weighted by atomic mass is 10.0. The Bertz CT molecular complexity index is 537. The molecule has 0 amide bonds. The molecule has 0 aliphatic rings. The van der Waals surface area contributed by atoms with Crippen molar-refractivity contribution in [1.29, 1.82) is 0 Å². The second kappa shape index (κ2) is 5.11. The van der Waals surface area contributed by atoms with Crippen LogP contribution in [0.4, 0.5) is 4.39 Å². The third kappa shape index (κ3) is 2.92. The first-order valence-corrected chi connectivity index (χ1v) is 5.57. The van der Waals surface area contributed by atoms with Gasteiger partial charge < -0.3 is 0 Å². The topological polar surface area (TPSA) is 17.1 Å². The molecule has 86 valence electrons. The van der Waals surface area contributed by atoms with Crippen molar-refractivity contribution < 1.29 is 9.18 Å². The van der Waals surface area contributed by atoms with Crippen LogP contribution in [0.5, 0.6) is 0 Å². The molecule has 0 aliphatic carbocycles. The summed E-state index contributed by atoms with van der Waals surface area (Å²) in [6, 6.07) is 13.4. The highest BCUT2D eigenvalue weighted by Crippen LogP contribution is 2.17. The van der Waals surface area contributed by atoms with Crippen LogP contribution in [0.15, 0.2) is 48.5 Å². The number of halogens is 2. The van der Waals surface area contributed by atoms with E-state index in [0.717, 1.165) is 5.56 Å². The van der Waals surface area contributed by atoms with Crippen LogP contribution < -0.4 is 0 Å². The first kappa shape index (κ1) is 11.8. The van der Waals surface area contributed by atoms with Crippen molar-refractivity contribution >= 4 is 17.4 Å². The Morgan fingerprint density at radius 3 is 2.47 bits per heavy atom. The van der Waals surface area contributed by atoms with Gasteiger partial charge in [-0.05, 0) is 23.8 Å². The minimum atomic E-state index is -0.511. The Morgan fingerprint density at radius 2 is 1.82 bits per heavy atom. The molecule has 3 heteroatoms. The van der Waals surface area contributed by atoms with Crippen LogP contribution >= 0.6 is 11.6 Å². The first-order valence-electron chi connectivity index (χ1n) is 5.19. The van der Waals surface area contributed by atoms with E-state index >= 15 is 0 Å². The summed E-state index contributed by atoms with van der Waals surface area (Å²) in [6.45, 7) is 0. The fourth-order valence-electron chi connectivity index (χ4n) is 1.55. The van der Waals surface area contributed by atoms with Gasteiger partial charge in [0.1, 0.15) is 5.82 Å². The van der Waals surface area contributed by atoms with E-state index in [-0.39, 0.29) is 10.8 Å². The minimum Gasteiger partial charge on any atom is -0.294 e. The van der Waals surface area contributed by atoms with Crippen molar-refractivity contribution in [1.82, 2.24) is 0 Å².